The Hall–Kier alpha value is -0.740. The number of anilines is 1. The molecule has 0 aromatic carbocycles. The average molecular weight is 293 g/mol. The molecule has 112 valence electrons. The fourth-order valence-corrected chi connectivity index (χ4v) is 2.84. The number of thioether (sulfide) groups is 1. The van der Waals surface area contributed by atoms with Gasteiger partial charge in [-0.1, -0.05) is 0 Å². The number of aromatic nitrogens is 1. The van der Waals surface area contributed by atoms with Crippen molar-refractivity contribution in [1.29, 1.82) is 0 Å². The average Bonchev–Trinajstić information content (AvgIpc) is 3.25. The quantitative estimate of drug-likeness (QED) is 0.796. The highest BCUT2D eigenvalue weighted by atomic mass is 32.2. The fraction of sp³-hybridized carbons (Fsp3) is 0.688. The lowest BCUT2D eigenvalue weighted by molar-refractivity contribution is 0.657. The molecule has 1 fully saturated rings. The molecule has 2 rings (SSSR count). The highest BCUT2D eigenvalue weighted by Gasteiger charge is 2.20. The van der Waals surface area contributed by atoms with Crippen molar-refractivity contribution in [3.05, 3.63) is 23.4 Å². The molecule has 1 unspecified atom stereocenters. The molecule has 1 N–H and O–H groups in total. The molecule has 1 atom stereocenters. The lowest BCUT2D eigenvalue weighted by Crippen LogP contribution is -2.30. The SMILES string of the molecule is CSCCC(C)N(C)c1cc(CNC2CC2)cc(C)n1. The van der Waals surface area contributed by atoms with Crippen LogP contribution in [0.3, 0.4) is 0 Å². The third-order valence-electron chi connectivity index (χ3n) is 3.93. The van der Waals surface area contributed by atoms with E-state index >= 15 is 0 Å². The van der Waals surface area contributed by atoms with Gasteiger partial charge in [0.15, 0.2) is 0 Å². The number of rotatable bonds is 8. The van der Waals surface area contributed by atoms with Crippen LogP contribution in [0, 0.1) is 6.92 Å². The van der Waals surface area contributed by atoms with Crippen LogP contribution in [0.2, 0.25) is 0 Å². The summed E-state index contributed by atoms with van der Waals surface area (Å²) in [5.74, 6) is 2.30. The molecule has 20 heavy (non-hydrogen) atoms. The minimum atomic E-state index is 0.529. The third kappa shape index (κ3) is 4.67. The maximum atomic E-state index is 4.70. The van der Waals surface area contributed by atoms with Gasteiger partial charge < -0.3 is 10.2 Å². The van der Waals surface area contributed by atoms with Gasteiger partial charge in [-0.2, -0.15) is 11.8 Å². The maximum Gasteiger partial charge on any atom is 0.129 e. The first kappa shape index (κ1) is 15.6. The predicted molar refractivity (Wildman–Crippen MR) is 89.7 cm³/mol. The van der Waals surface area contributed by atoms with E-state index in [-0.39, 0.29) is 0 Å². The van der Waals surface area contributed by atoms with E-state index in [4.69, 9.17) is 4.98 Å². The van der Waals surface area contributed by atoms with Gasteiger partial charge in [0, 0.05) is 31.4 Å². The molecule has 0 aliphatic heterocycles. The normalized spacial score (nSPS) is 16.2. The van der Waals surface area contributed by atoms with E-state index in [1.165, 1.54) is 30.6 Å². The summed E-state index contributed by atoms with van der Waals surface area (Å²) in [5.41, 5.74) is 2.46. The molecule has 1 aliphatic rings. The topological polar surface area (TPSA) is 28.2 Å². The lowest BCUT2D eigenvalue weighted by atomic mass is 10.2. The second-order valence-corrected chi connectivity index (χ2v) is 6.86. The Labute approximate surface area is 127 Å². The summed E-state index contributed by atoms with van der Waals surface area (Å²) in [4.78, 5) is 7.01. The van der Waals surface area contributed by atoms with Gasteiger partial charge in [0.1, 0.15) is 5.82 Å². The van der Waals surface area contributed by atoms with Gasteiger partial charge in [-0.05, 0) is 62.8 Å². The molecule has 0 saturated heterocycles. The molecule has 1 heterocycles. The van der Waals surface area contributed by atoms with Crippen LogP contribution in [0.1, 0.15) is 37.4 Å². The van der Waals surface area contributed by atoms with E-state index in [1.807, 2.05) is 11.8 Å². The van der Waals surface area contributed by atoms with Crippen molar-refractivity contribution >= 4 is 17.6 Å². The Morgan fingerprint density at radius 2 is 2.20 bits per heavy atom. The van der Waals surface area contributed by atoms with Gasteiger partial charge in [0.25, 0.3) is 0 Å². The van der Waals surface area contributed by atoms with E-state index in [1.54, 1.807) is 0 Å². The molecule has 0 amide bonds. The van der Waals surface area contributed by atoms with Gasteiger partial charge in [0.05, 0.1) is 0 Å². The zero-order valence-electron chi connectivity index (χ0n) is 13.1. The molecule has 0 radical (unpaired) electrons. The van der Waals surface area contributed by atoms with E-state index in [0.29, 0.717) is 6.04 Å². The van der Waals surface area contributed by atoms with Crippen molar-refractivity contribution < 1.29 is 0 Å². The zero-order chi connectivity index (χ0) is 14.5. The van der Waals surface area contributed by atoms with Crippen LogP contribution in [0.5, 0.6) is 0 Å². The van der Waals surface area contributed by atoms with Gasteiger partial charge >= 0.3 is 0 Å². The molecule has 1 saturated carbocycles. The van der Waals surface area contributed by atoms with Crippen molar-refractivity contribution in [3.63, 3.8) is 0 Å². The molecule has 4 heteroatoms. The van der Waals surface area contributed by atoms with Crippen molar-refractivity contribution in [1.82, 2.24) is 10.3 Å². The minimum Gasteiger partial charge on any atom is -0.357 e. The van der Waals surface area contributed by atoms with Crippen LogP contribution in [-0.2, 0) is 6.54 Å². The molecule has 0 bridgehead atoms. The second-order valence-electron chi connectivity index (χ2n) is 5.87. The summed E-state index contributed by atoms with van der Waals surface area (Å²) in [6.07, 6.45) is 6.04. The minimum absolute atomic E-state index is 0.529. The standard InChI is InChI=1S/C16H27N3S/c1-12-9-14(11-17-15-5-6-15)10-16(18-12)19(3)13(2)7-8-20-4/h9-10,13,15,17H,5-8,11H2,1-4H3. The Bertz CT molecular complexity index is 432. The van der Waals surface area contributed by atoms with Crippen LogP contribution in [0.4, 0.5) is 5.82 Å². The summed E-state index contributed by atoms with van der Waals surface area (Å²) in [6, 6.07) is 5.71. The Balaban J connectivity index is 2.01. The van der Waals surface area contributed by atoms with Crippen LogP contribution in [-0.4, -0.2) is 36.1 Å². The Morgan fingerprint density at radius 3 is 2.85 bits per heavy atom. The molecular formula is C16H27N3S. The highest BCUT2D eigenvalue weighted by molar-refractivity contribution is 7.98. The van der Waals surface area contributed by atoms with Crippen LogP contribution >= 0.6 is 11.8 Å². The summed E-state index contributed by atoms with van der Waals surface area (Å²) in [7, 11) is 2.16. The second kappa shape index (κ2) is 7.32. The van der Waals surface area contributed by atoms with E-state index < -0.39 is 0 Å². The number of pyridine rings is 1. The summed E-state index contributed by atoms with van der Waals surface area (Å²) in [5, 5.41) is 3.58. The summed E-state index contributed by atoms with van der Waals surface area (Å²) < 4.78 is 0. The van der Waals surface area contributed by atoms with E-state index in [2.05, 4.69) is 49.5 Å². The highest BCUT2D eigenvalue weighted by Crippen LogP contribution is 2.21. The van der Waals surface area contributed by atoms with Crippen molar-refractivity contribution in [3.8, 4) is 0 Å². The summed E-state index contributed by atoms with van der Waals surface area (Å²) in [6.45, 7) is 5.33. The largest absolute Gasteiger partial charge is 0.357 e. The summed E-state index contributed by atoms with van der Waals surface area (Å²) >= 11 is 1.91. The Morgan fingerprint density at radius 1 is 1.45 bits per heavy atom. The van der Waals surface area contributed by atoms with Gasteiger partial charge in [-0.3, -0.25) is 0 Å². The van der Waals surface area contributed by atoms with Gasteiger partial charge in [-0.15, -0.1) is 0 Å². The van der Waals surface area contributed by atoms with Crippen LogP contribution in [0.25, 0.3) is 0 Å². The number of nitrogens with one attached hydrogen (secondary N) is 1. The molecular weight excluding hydrogens is 266 g/mol. The molecule has 1 aliphatic carbocycles. The van der Waals surface area contributed by atoms with Crippen LogP contribution in [0.15, 0.2) is 12.1 Å². The fourth-order valence-electron chi connectivity index (χ4n) is 2.26. The van der Waals surface area contributed by atoms with Crippen molar-refractivity contribution in [2.45, 2.75) is 51.7 Å². The van der Waals surface area contributed by atoms with Crippen molar-refractivity contribution in [2.24, 2.45) is 0 Å². The molecule has 1 aromatic heterocycles. The first-order valence-corrected chi connectivity index (χ1v) is 8.92. The number of hydrogen-bond acceptors (Lipinski definition) is 4. The monoisotopic (exact) mass is 293 g/mol. The first-order valence-electron chi connectivity index (χ1n) is 7.53. The Kier molecular flexibility index (Phi) is 5.73. The van der Waals surface area contributed by atoms with E-state index in [9.17, 15) is 0 Å². The van der Waals surface area contributed by atoms with Crippen LogP contribution < -0.4 is 10.2 Å². The first-order chi connectivity index (χ1) is 9.60. The van der Waals surface area contributed by atoms with Gasteiger partial charge in [0.2, 0.25) is 0 Å². The van der Waals surface area contributed by atoms with Gasteiger partial charge in [-0.25, -0.2) is 4.98 Å². The molecule has 1 aromatic rings. The third-order valence-corrected chi connectivity index (χ3v) is 4.58. The number of nitrogens with zero attached hydrogens (tertiary/aromatic N) is 2. The zero-order valence-corrected chi connectivity index (χ0v) is 14.0. The van der Waals surface area contributed by atoms with E-state index in [0.717, 1.165) is 24.1 Å². The predicted octanol–water partition coefficient (Wildman–Crippen LogP) is 3.22. The molecule has 3 nitrogen and oxygen atoms in total. The molecule has 0 spiro atoms. The van der Waals surface area contributed by atoms with Crippen molar-refractivity contribution in [2.75, 3.05) is 24.0 Å². The maximum absolute atomic E-state index is 4.70. The lowest BCUT2D eigenvalue weighted by Gasteiger charge is -2.26. The smallest absolute Gasteiger partial charge is 0.129 e. The number of hydrogen-bond donors (Lipinski definition) is 1. The number of aryl methyl sites for hydroxylation is 1.